The SMILES string of the molecule is C=CCN.CCCC(F)(F)C(F)(F)C(F)(F)C(F)(F)C(F)(F)C(F)(F)C(F)(F)S(=O)(=O)O. The topological polar surface area (TPSA) is 80.4 Å². The van der Waals surface area contributed by atoms with Crippen LogP contribution in [0.1, 0.15) is 19.8 Å². The van der Waals surface area contributed by atoms with Gasteiger partial charge in [0.1, 0.15) is 0 Å². The molecule has 194 valence electrons. The maximum atomic E-state index is 13.3. The van der Waals surface area contributed by atoms with Crippen molar-refractivity contribution in [3.8, 4) is 0 Å². The zero-order chi connectivity index (χ0) is 26.8. The van der Waals surface area contributed by atoms with Gasteiger partial charge in [0.15, 0.2) is 0 Å². The number of hydrogen-bond acceptors (Lipinski definition) is 3. The Hall–Kier alpha value is -1.37. The van der Waals surface area contributed by atoms with E-state index in [4.69, 9.17) is 10.3 Å². The van der Waals surface area contributed by atoms with Gasteiger partial charge in [-0.1, -0.05) is 19.4 Å². The fourth-order valence-electron chi connectivity index (χ4n) is 1.64. The van der Waals surface area contributed by atoms with Crippen LogP contribution in [0.25, 0.3) is 0 Å². The first-order chi connectivity index (χ1) is 13.7. The van der Waals surface area contributed by atoms with E-state index in [1.54, 1.807) is 6.08 Å². The summed E-state index contributed by atoms with van der Waals surface area (Å²) in [7, 11) is -7.70. The van der Waals surface area contributed by atoms with E-state index < -0.39 is 63.7 Å². The van der Waals surface area contributed by atoms with Crippen molar-refractivity contribution < 1.29 is 74.4 Å². The lowest BCUT2D eigenvalue weighted by Gasteiger charge is -2.42. The molecule has 0 aliphatic heterocycles. The molecule has 0 radical (unpaired) electrons. The van der Waals surface area contributed by atoms with E-state index in [0.29, 0.717) is 13.5 Å². The lowest BCUT2D eigenvalue weighted by atomic mass is 9.90. The summed E-state index contributed by atoms with van der Waals surface area (Å²) in [6.07, 6.45) is -1.81. The summed E-state index contributed by atoms with van der Waals surface area (Å²) in [5.74, 6) is -46.7. The monoisotopic (exact) mass is 531 g/mol. The van der Waals surface area contributed by atoms with Crippen LogP contribution in [0.2, 0.25) is 0 Å². The van der Waals surface area contributed by atoms with Gasteiger partial charge in [0.2, 0.25) is 0 Å². The van der Waals surface area contributed by atoms with Crippen LogP contribution in [0.15, 0.2) is 12.7 Å². The molecule has 0 atom stereocenters. The fourth-order valence-corrected chi connectivity index (χ4v) is 2.09. The van der Waals surface area contributed by atoms with Crippen LogP contribution in [0.5, 0.6) is 0 Å². The fraction of sp³-hybridized carbons (Fsp3) is 0.846. The van der Waals surface area contributed by atoms with Gasteiger partial charge >= 0.3 is 50.9 Å². The van der Waals surface area contributed by atoms with Crippen molar-refractivity contribution in [1.82, 2.24) is 0 Å². The van der Waals surface area contributed by atoms with Crippen LogP contribution < -0.4 is 5.73 Å². The molecule has 0 aliphatic rings. The van der Waals surface area contributed by atoms with E-state index in [1.807, 2.05) is 0 Å². The second-order valence-electron chi connectivity index (χ2n) is 5.84. The van der Waals surface area contributed by atoms with Crippen LogP contribution in [-0.4, -0.2) is 60.3 Å². The Labute approximate surface area is 171 Å². The maximum Gasteiger partial charge on any atom is 0.438 e. The molecule has 0 amide bonds. The first kappa shape index (κ1) is 32.8. The molecule has 0 aliphatic carbocycles. The average Bonchev–Trinajstić information content (AvgIpc) is 2.59. The first-order valence-corrected chi connectivity index (χ1v) is 9.09. The molecule has 0 aromatic rings. The van der Waals surface area contributed by atoms with E-state index >= 15 is 0 Å². The Balaban J connectivity index is 0. The predicted octanol–water partition coefficient (Wildman–Crippen LogP) is 5.21. The molecule has 0 bridgehead atoms. The lowest BCUT2D eigenvalue weighted by Crippen LogP contribution is -2.73. The van der Waals surface area contributed by atoms with Gasteiger partial charge in [0, 0.05) is 13.0 Å². The highest BCUT2D eigenvalue weighted by Gasteiger charge is 2.94. The summed E-state index contributed by atoms with van der Waals surface area (Å²) in [5, 5.41) is -7.61. The molecule has 0 spiro atoms. The molecular formula is C13H15F14NO3S. The first-order valence-electron chi connectivity index (χ1n) is 7.65. The van der Waals surface area contributed by atoms with Gasteiger partial charge < -0.3 is 5.73 Å². The molecule has 19 heteroatoms. The second kappa shape index (κ2) is 9.47. The van der Waals surface area contributed by atoms with Crippen molar-refractivity contribution in [1.29, 1.82) is 0 Å². The third-order valence-electron chi connectivity index (χ3n) is 3.46. The Kier molecular flexibility index (Phi) is 9.71. The second-order valence-corrected chi connectivity index (χ2v) is 7.31. The number of hydrogen-bond donors (Lipinski definition) is 2. The molecule has 32 heavy (non-hydrogen) atoms. The molecule has 0 aromatic heterocycles. The summed E-state index contributed by atoms with van der Waals surface area (Å²) in [4.78, 5) is 0. The van der Waals surface area contributed by atoms with Crippen molar-refractivity contribution in [2.24, 2.45) is 5.73 Å². The van der Waals surface area contributed by atoms with E-state index in [0.717, 1.165) is 0 Å². The van der Waals surface area contributed by atoms with Crippen molar-refractivity contribution in [3.63, 3.8) is 0 Å². The summed E-state index contributed by atoms with van der Waals surface area (Å²) < 4.78 is 211. The highest BCUT2D eigenvalue weighted by Crippen LogP contribution is 2.63. The van der Waals surface area contributed by atoms with Crippen molar-refractivity contribution in [3.05, 3.63) is 12.7 Å². The number of alkyl halides is 14. The van der Waals surface area contributed by atoms with Crippen LogP contribution >= 0.6 is 0 Å². The van der Waals surface area contributed by atoms with E-state index in [-0.39, 0.29) is 0 Å². The molecule has 0 aromatic carbocycles. The third-order valence-corrected chi connectivity index (χ3v) is 4.36. The van der Waals surface area contributed by atoms with Gasteiger partial charge in [-0.25, -0.2) is 0 Å². The van der Waals surface area contributed by atoms with Crippen molar-refractivity contribution in [2.45, 2.75) is 60.6 Å². The minimum Gasteiger partial charge on any atom is -0.327 e. The standard InChI is InChI=1S/C10H8F14O3S.C3H7N/c1-2-3-4(11,12)5(13,14)6(15,16)7(17,18)8(19,20)9(21,22)10(23,24)28(25,26)27;1-2-3-4/h2-3H2,1H3,(H,25,26,27);2H,1,3-4H2. The van der Waals surface area contributed by atoms with Crippen molar-refractivity contribution >= 4 is 10.1 Å². The summed E-state index contributed by atoms with van der Waals surface area (Å²) >= 11 is 0. The van der Waals surface area contributed by atoms with Gasteiger partial charge in [-0.2, -0.15) is 69.9 Å². The molecule has 4 nitrogen and oxygen atoms in total. The predicted molar refractivity (Wildman–Crippen MR) is 80.3 cm³/mol. The Bertz CT molecular complexity index is 751. The van der Waals surface area contributed by atoms with E-state index in [9.17, 15) is 69.9 Å². The molecule has 0 saturated heterocycles. The van der Waals surface area contributed by atoms with E-state index in [2.05, 4.69) is 6.58 Å². The normalized spacial score (nSPS) is 15.2. The van der Waals surface area contributed by atoms with Gasteiger partial charge in [-0.05, 0) is 0 Å². The number of rotatable bonds is 10. The Morgan fingerprint density at radius 3 is 1.28 bits per heavy atom. The highest BCUT2D eigenvalue weighted by atomic mass is 32.2. The van der Waals surface area contributed by atoms with Crippen molar-refractivity contribution in [2.75, 3.05) is 6.54 Å². The van der Waals surface area contributed by atoms with Crippen LogP contribution in [0.4, 0.5) is 61.5 Å². The zero-order valence-corrected chi connectivity index (χ0v) is 16.3. The number of halogens is 14. The molecule has 0 saturated carbocycles. The quantitative estimate of drug-likeness (QED) is 0.231. The zero-order valence-electron chi connectivity index (χ0n) is 15.4. The van der Waals surface area contributed by atoms with Gasteiger partial charge in [0.25, 0.3) is 0 Å². The Morgan fingerprint density at radius 2 is 1.03 bits per heavy atom. The minimum atomic E-state index is -8.38. The molecule has 0 rings (SSSR count). The summed E-state index contributed by atoms with van der Waals surface area (Å²) in [6.45, 7) is 4.56. The van der Waals surface area contributed by atoms with Crippen LogP contribution in [0, 0.1) is 0 Å². The lowest BCUT2D eigenvalue weighted by molar-refractivity contribution is -0.435. The van der Waals surface area contributed by atoms with Crippen LogP contribution in [-0.2, 0) is 10.1 Å². The third kappa shape index (κ3) is 4.92. The van der Waals surface area contributed by atoms with Gasteiger partial charge in [-0.3, -0.25) is 4.55 Å². The maximum absolute atomic E-state index is 13.3. The smallest absolute Gasteiger partial charge is 0.327 e. The van der Waals surface area contributed by atoms with Gasteiger partial charge in [0.05, 0.1) is 0 Å². The minimum absolute atomic E-state index is 0.583. The Morgan fingerprint density at radius 1 is 0.750 bits per heavy atom. The molecular weight excluding hydrogens is 516 g/mol. The van der Waals surface area contributed by atoms with Gasteiger partial charge in [-0.15, -0.1) is 6.58 Å². The average molecular weight is 531 g/mol. The highest BCUT2D eigenvalue weighted by molar-refractivity contribution is 7.87. The molecule has 0 unspecified atom stereocenters. The molecule has 3 N–H and O–H groups in total. The van der Waals surface area contributed by atoms with E-state index in [1.165, 1.54) is 0 Å². The molecule has 0 fully saturated rings. The number of nitrogens with two attached hydrogens (primary N) is 1. The largest absolute Gasteiger partial charge is 0.438 e. The van der Waals surface area contributed by atoms with Crippen LogP contribution in [0.3, 0.4) is 0 Å². The summed E-state index contributed by atoms with van der Waals surface area (Å²) in [5.41, 5.74) is 4.91. The summed E-state index contributed by atoms with van der Waals surface area (Å²) in [6, 6.07) is 0. The molecule has 0 heterocycles.